The molecule has 0 aliphatic carbocycles. The summed E-state index contributed by atoms with van der Waals surface area (Å²) in [6.07, 6.45) is 3.36. The van der Waals surface area contributed by atoms with Crippen molar-refractivity contribution >= 4 is 17.0 Å². The fraction of sp³-hybridized carbons (Fsp3) is 0.500. The third-order valence-corrected chi connectivity index (χ3v) is 3.47. The molecule has 0 bridgehead atoms. The molecule has 0 amide bonds. The van der Waals surface area contributed by atoms with E-state index in [0.29, 0.717) is 11.7 Å². The SMILES string of the molecule is CCNCC1COCCN1c1ccc2nccnc2n1. The molecule has 1 saturated heterocycles. The van der Waals surface area contributed by atoms with Crippen LogP contribution in [-0.2, 0) is 4.74 Å². The Kier molecular flexibility index (Phi) is 4.03. The van der Waals surface area contributed by atoms with Gasteiger partial charge >= 0.3 is 0 Å². The largest absolute Gasteiger partial charge is 0.377 e. The average molecular weight is 273 g/mol. The number of morpholine rings is 1. The molecule has 1 N–H and O–H groups in total. The van der Waals surface area contributed by atoms with Crippen LogP contribution in [0.5, 0.6) is 0 Å². The first-order chi connectivity index (χ1) is 9.88. The van der Waals surface area contributed by atoms with Gasteiger partial charge in [0.05, 0.1) is 19.3 Å². The van der Waals surface area contributed by atoms with Gasteiger partial charge in [0.2, 0.25) is 0 Å². The fourth-order valence-corrected chi connectivity index (χ4v) is 2.44. The number of aromatic nitrogens is 3. The van der Waals surface area contributed by atoms with Crippen LogP contribution in [-0.4, -0.2) is 53.8 Å². The highest BCUT2D eigenvalue weighted by molar-refractivity contribution is 5.71. The van der Waals surface area contributed by atoms with E-state index in [2.05, 4.69) is 32.1 Å². The van der Waals surface area contributed by atoms with E-state index in [1.807, 2.05) is 12.1 Å². The Balaban J connectivity index is 1.86. The lowest BCUT2D eigenvalue weighted by Gasteiger charge is -2.36. The van der Waals surface area contributed by atoms with Crippen molar-refractivity contribution in [3.8, 4) is 0 Å². The van der Waals surface area contributed by atoms with Crippen LogP contribution in [0.15, 0.2) is 24.5 Å². The summed E-state index contributed by atoms with van der Waals surface area (Å²) < 4.78 is 5.58. The Bertz CT molecular complexity index is 576. The molecule has 0 aromatic carbocycles. The van der Waals surface area contributed by atoms with Gasteiger partial charge in [-0.25, -0.2) is 9.97 Å². The standard InChI is InChI=1S/C14H19N5O/c1-2-15-9-11-10-20-8-7-19(11)13-4-3-12-14(18-13)17-6-5-16-12/h3-6,11,15H,2,7-10H2,1H3. The summed E-state index contributed by atoms with van der Waals surface area (Å²) in [5.41, 5.74) is 1.52. The summed E-state index contributed by atoms with van der Waals surface area (Å²) in [5, 5.41) is 3.38. The van der Waals surface area contributed by atoms with Crippen molar-refractivity contribution in [2.24, 2.45) is 0 Å². The molecule has 0 saturated carbocycles. The van der Waals surface area contributed by atoms with Gasteiger partial charge in [0.1, 0.15) is 11.3 Å². The van der Waals surface area contributed by atoms with Crippen LogP contribution in [0.4, 0.5) is 5.82 Å². The smallest absolute Gasteiger partial charge is 0.180 e. The molecule has 0 radical (unpaired) electrons. The monoisotopic (exact) mass is 273 g/mol. The molecule has 1 aliphatic rings. The molecule has 106 valence electrons. The minimum atomic E-state index is 0.310. The van der Waals surface area contributed by atoms with E-state index in [4.69, 9.17) is 4.74 Å². The molecular weight excluding hydrogens is 254 g/mol. The molecule has 6 nitrogen and oxygen atoms in total. The highest BCUT2D eigenvalue weighted by atomic mass is 16.5. The highest BCUT2D eigenvalue weighted by Crippen LogP contribution is 2.19. The highest BCUT2D eigenvalue weighted by Gasteiger charge is 2.24. The number of fused-ring (bicyclic) bond motifs is 1. The van der Waals surface area contributed by atoms with Crippen molar-refractivity contribution in [1.29, 1.82) is 0 Å². The molecule has 3 rings (SSSR count). The topological polar surface area (TPSA) is 63.2 Å². The Hall–Kier alpha value is -1.79. The van der Waals surface area contributed by atoms with Crippen LogP contribution in [0.25, 0.3) is 11.2 Å². The van der Waals surface area contributed by atoms with Gasteiger partial charge < -0.3 is 15.0 Å². The lowest BCUT2D eigenvalue weighted by Crippen LogP contribution is -2.50. The number of hydrogen-bond acceptors (Lipinski definition) is 6. The van der Waals surface area contributed by atoms with E-state index in [1.165, 1.54) is 0 Å². The first-order valence-electron chi connectivity index (χ1n) is 7.01. The molecule has 1 aliphatic heterocycles. The maximum atomic E-state index is 5.58. The minimum Gasteiger partial charge on any atom is -0.377 e. The van der Waals surface area contributed by atoms with Crippen LogP contribution < -0.4 is 10.2 Å². The average Bonchev–Trinajstić information content (AvgIpc) is 2.53. The summed E-state index contributed by atoms with van der Waals surface area (Å²) in [6, 6.07) is 4.30. The van der Waals surface area contributed by atoms with Crippen LogP contribution >= 0.6 is 0 Å². The number of likely N-dealkylation sites (N-methyl/N-ethyl adjacent to an activating group) is 1. The Labute approximate surface area is 118 Å². The zero-order valence-corrected chi connectivity index (χ0v) is 11.6. The third kappa shape index (κ3) is 2.71. The van der Waals surface area contributed by atoms with Gasteiger partial charge in [0.15, 0.2) is 5.65 Å². The van der Waals surface area contributed by atoms with Crippen LogP contribution in [0, 0.1) is 0 Å². The second-order valence-corrected chi connectivity index (χ2v) is 4.80. The minimum absolute atomic E-state index is 0.310. The second kappa shape index (κ2) is 6.11. The molecular formula is C14H19N5O. The van der Waals surface area contributed by atoms with Crippen molar-refractivity contribution in [2.75, 3.05) is 37.7 Å². The molecule has 1 atom stereocenters. The van der Waals surface area contributed by atoms with E-state index in [9.17, 15) is 0 Å². The summed E-state index contributed by atoms with van der Waals surface area (Å²) in [4.78, 5) is 15.5. The van der Waals surface area contributed by atoms with Gasteiger partial charge in [0.25, 0.3) is 0 Å². The van der Waals surface area contributed by atoms with Crippen LogP contribution in [0.1, 0.15) is 6.92 Å². The first-order valence-corrected chi connectivity index (χ1v) is 7.01. The van der Waals surface area contributed by atoms with Crippen LogP contribution in [0.2, 0.25) is 0 Å². The van der Waals surface area contributed by atoms with E-state index in [0.717, 1.165) is 44.2 Å². The predicted octanol–water partition coefficient (Wildman–Crippen LogP) is 0.839. The van der Waals surface area contributed by atoms with E-state index in [-0.39, 0.29) is 0 Å². The van der Waals surface area contributed by atoms with Crippen molar-refractivity contribution in [1.82, 2.24) is 20.3 Å². The van der Waals surface area contributed by atoms with E-state index < -0.39 is 0 Å². The van der Waals surface area contributed by atoms with Crippen molar-refractivity contribution in [3.05, 3.63) is 24.5 Å². The molecule has 1 unspecified atom stereocenters. The van der Waals surface area contributed by atoms with Gasteiger partial charge in [0, 0.05) is 25.5 Å². The fourth-order valence-electron chi connectivity index (χ4n) is 2.44. The van der Waals surface area contributed by atoms with Gasteiger partial charge in [-0.1, -0.05) is 6.92 Å². The lowest BCUT2D eigenvalue weighted by atomic mass is 10.2. The molecule has 2 aromatic heterocycles. The summed E-state index contributed by atoms with van der Waals surface area (Å²) in [5.74, 6) is 0.948. The number of rotatable bonds is 4. The van der Waals surface area contributed by atoms with E-state index in [1.54, 1.807) is 12.4 Å². The normalized spacial score (nSPS) is 19.4. The number of ether oxygens (including phenoxy) is 1. The number of pyridine rings is 1. The Morgan fingerprint density at radius 2 is 2.25 bits per heavy atom. The maximum Gasteiger partial charge on any atom is 0.180 e. The van der Waals surface area contributed by atoms with Crippen molar-refractivity contribution in [2.45, 2.75) is 13.0 Å². The van der Waals surface area contributed by atoms with Gasteiger partial charge in [-0.2, -0.15) is 0 Å². The molecule has 6 heteroatoms. The molecule has 0 spiro atoms. The van der Waals surface area contributed by atoms with E-state index >= 15 is 0 Å². The number of nitrogens with one attached hydrogen (secondary N) is 1. The van der Waals surface area contributed by atoms with Crippen molar-refractivity contribution in [3.63, 3.8) is 0 Å². The first kappa shape index (κ1) is 13.2. The number of nitrogens with zero attached hydrogens (tertiary/aromatic N) is 4. The van der Waals surface area contributed by atoms with Gasteiger partial charge in [-0.3, -0.25) is 4.98 Å². The zero-order chi connectivity index (χ0) is 13.8. The Morgan fingerprint density at radius 1 is 1.35 bits per heavy atom. The lowest BCUT2D eigenvalue weighted by molar-refractivity contribution is 0.0935. The molecule has 3 heterocycles. The molecule has 20 heavy (non-hydrogen) atoms. The number of anilines is 1. The maximum absolute atomic E-state index is 5.58. The molecule has 2 aromatic rings. The van der Waals surface area contributed by atoms with Crippen LogP contribution in [0.3, 0.4) is 0 Å². The molecule has 1 fully saturated rings. The van der Waals surface area contributed by atoms with Gasteiger partial charge in [-0.05, 0) is 18.7 Å². The summed E-state index contributed by atoms with van der Waals surface area (Å²) >= 11 is 0. The predicted molar refractivity (Wildman–Crippen MR) is 77.8 cm³/mol. The summed E-state index contributed by atoms with van der Waals surface area (Å²) in [6.45, 7) is 6.29. The summed E-state index contributed by atoms with van der Waals surface area (Å²) in [7, 11) is 0. The second-order valence-electron chi connectivity index (χ2n) is 4.80. The quantitative estimate of drug-likeness (QED) is 0.890. The van der Waals surface area contributed by atoms with Gasteiger partial charge in [-0.15, -0.1) is 0 Å². The Morgan fingerprint density at radius 3 is 3.15 bits per heavy atom. The zero-order valence-electron chi connectivity index (χ0n) is 11.6. The number of hydrogen-bond donors (Lipinski definition) is 1. The van der Waals surface area contributed by atoms with Crippen molar-refractivity contribution < 1.29 is 4.74 Å². The third-order valence-electron chi connectivity index (χ3n) is 3.47.